The van der Waals surface area contributed by atoms with E-state index in [1.54, 1.807) is 0 Å². The Balaban J connectivity index is 2.15. The Labute approximate surface area is 98.2 Å². The first-order valence-corrected chi connectivity index (χ1v) is 5.88. The summed E-state index contributed by atoms with van der Waals surface area (Å²) in [4.78, 5) is 11.8. The van der Waals surface area contributed by atoms with E-state index < -0.39 is 0 Å². The highest BCUT2D eigenvalue weighted by Crippen LogP contribution is 2.34. The third-order valence-electron chi connectivity index (χ3n) is 2.84. The van der Waals surface area contributed by atoms with Gasteiger partial charge in [-0.1, -0.05) is 15.9 Å². The standard InChI is InChI=1S/C12H14BrNO/c1-8-7-9(3-4-10(8)13)11(15)14-12(2)5-6-12/h3-4,7H,5-6H2,1-2H3,(H,14,15). The average molecular weight is 268 g/mol. The second kappa shape index (κ2) is 3.63. The van der Waals surface area contributed by atoms with Crippen LogP contribution in [-0.4, -0.2) is 11.4 Å². The van der Waals surface area contributed by atoms with E-state index >= 15 is 0 Å². The molecular weight excluding hydrogens is 254 g/mol. The topological polar surface area (TPSA) is 29.1 Å². The summed E-state index contributed by atoms with van der Waals surface area (Å²) in [6.07, 6.45) is 2.18. The van der Waals surface area contributed by atoms with Gasteiger partial charge in [-0.05, 0) is 50.5 Å². The van der Waals surface area contributed by atoms with Crippen molar-refractivity contribution in [3.05, 3.63) is 33.8 Å². The Morgan fingerprint density at radius 1 is 1.47 bits per heavy atom. The zero-order valence-electron chi connectivity index (χ0n) is 8.93. The van der Waals surface area contributed by atoms with Crippen molar-refractivity contribution in [1.82, 2.24) is 5.32 Å². The van der Waals surface area contributed by atoms with Crippen molar-refractivity contribution in [3.63, 3.8) is 0 Å². The number of hydrogen-bond donors (Lipinski definition) is 1. The van der Waals surface area contributed by atoms with Gasteiger partial charge in [0, 0.05) is 15.6 Å². The lowest BCUT2D eigenvalue weighted by Gasteiger charge is -2.11. The third-order valence-corrected chi connectivity index (χ3v) is 3.73. The molecule has 1 aliphatic rings. The molecule has 0 atom stereocenters. The molecule has 1 aromatic carbocycles. The largest absolute Gasteiger partial charge is 0.347 e. The second-order valence-corrected chi connectivity index (χ2v) is 5.33. The van der Waals surface area contributed by atoms with Gasteiger partial charge in [-0.25, -0.2) is 0 Å². The first-order chi connectivity index (χ1) is 7.00. The number of benzene rings is 1. The molecule has 0 aliphatic heterocycles. The molecule has 1 aromatic rings. The minimum Gasteiger partial charge on any atom is -0.347 e. The fraction of sp³-hybridized carbons (Fsp3) is 0.417. The van der Waals surface area contributed by atoms with Crippen LogP contribution in [0.2, 0.25) is 0 Å². The van der Waals surface area contributed by atoms with Gasteiger partial charge in [-0.2, -0.15) is 0 Å². The van der Waals surface area contributed by atoms with E-state index in [0.717, 1.165) is 28.4 Å². The predicted molar refractivity (Wildman–Crippen MR) is 64.0 cm³/mol. The lowest BCUT2D eigenvalue weighted by atomic mass is 10.1. The van der Waals surface area contributed by atoms with Gasteiger partial charge in [0.1, 0.15) is 0 Å². The summed E-state index contributed by atoms with van der Waals surface area (Å²) in [6.45, 7) is 4.07. The molecule has 1 saturated carbocycles. The number of rotatable bonds is 2. The molecule has 2 nitrogen and oxygen atoms in total. The Bertz CT molecular complexity index is 410. The predicted octanol–water partition coefficient (Wildman–Crippen LogP) is 3.04. The number of carbonyl (C=O) groups excluding carboxylic acids is 1. The summed E-state index contributed by atoms with van der Waals surface area (Å²) < 4.78 is 1.04. The van der Waals surface area contributed by atoms with Gasteiger partial charge in [0.2, 0.25) is 0 Å². The maximum absolute atomic E-state index is 11.8. The van der Waals surface area contributed by atoms with Gasteiger partial charge in [-0.3, -0.25) is 4.79 Å². The smallest absolute Gasteiger partial charge is 0.251 e. The molecule has 1 amide bonds. The Kier molecular flexibility index (Phi) is 2.59. The molecule has 0 unspecified atom stereocenters. The summed E-state index contributed by atoms with van der Waals surface area (Å²) >= 11 is 3.42. The highest BCUT2D eigenvalue weighted by atomic mass is 79.9. The van der Waals surface area contributed by atoms with Gasteiger partial charge < -0.3 is 5.32 Å². The molecule has 2 rings (SSSR count). The number of hydrogen-bond acceptors (Lipinski definition) is 1. The van der Waals surface area contributed by atoms with E-state index in [9.17, 15) is 4.79 Å². The highest BCUT2D eigenvalue weighted by molar-refractivity contribution is 9.10. The third kappa shape index (κ3) is 2.40. The van der Waals surface area contributed by atoms with Gasteiger partial charge >= 0.3 is 0 Å². The Morgan fingerprint density at radius 2 is 2.13 bits per heavy atom. The highest BCUT2D eigenvalue weighted by Gasteiger charge is 2.38. The van der Waals surface area contributed by atoms with Crippen LogP contribution >= 0.6 is 15.9 Å². The number of halogens is 1. The summed E-state index contributed by atoms with van der Waals surface area (Å²) in [5.74, 6) is 0.0330. The average Bonchev–Trinajstić information content (AvgIpc) is 2.88. The molecule has 1 fully saturated rings. The molecule has 0 radical (unpaired) electrons. The monoisotopic (exact) mass is 267 g/mol. The molecule has 0 heterocycles. The molecule has 0 bridgehead atoms. The van der Waals surface area contributed by atoms with Crippen molar-refractivity contribution in [2.75, 3.05) is 0 Å². The first kappa shape index (κ1) is 10.7. The van der Waals surface area contributed by atoms with Crippen LogP contribution in [-0.2, 0) is 0 Å². The Hall–Kier alpha value is -0.830. The molecular formula is C12H14BrNO. The maximum atomic E-state index is 11.8. The number of aryl methyl sites for hydroxylation is 1. The second-order valence-electron chi connectivity index (χ2n) is 4.48. The summed E-state index contributed by atoms with van der Waals surface area (Å²) in [6, 6.07) is 5.67. The molecule has 0 saturated heterocycles. The van der Waals surface area contributed by atoms with Crippen LogP contribution in [0.5, 0.6) is 0 Å². The maximum Gasteiger partial charge on any atom is 0.251 e. The Morgan fingerprint density at radius 3 is 2.67 bits per heavy atom. The molecule has 1 aliphatic carbocycles. The number of carbonyl (C=O) groups is 1. The minimum absolute atomic E-state index is 0.0330. The molecule has 15 heavy (non-hydrogen) atoms. The van der Waals surface area contributed by atoms with E-state index in [1.807, 2.05) is 25.1 Å². The molecule has 3 heteroatoms. The lowest BCUT2D eigenvalue weighted by molar-refractivity contribution is 0.0935. The van der Waals surface area contributed by atoms with Gasteiger partial charge in [0.05, 0.1) is 0 Å². The number of amides is 1. The van der Waals surface area contributed by atoms with Gasteiger partial charge in [0.15, 0.2) is 0 Å². The van der Waals surface area contributed by atoms with E-state index in [4.69, 9.17) is 0 Å². The van der Waals surface area contributed by atoms with E-state index in [2.05, 4.69) is 28.2 Å². The molecule has 0 spiro atoms. The van der Waals surface area contributed by atoms with E-state index in [-0.39, 0.29) is 11.4 Å². The quantitative estimate of drug-likeness (QED) is 0.877. The van der Waals surface area contributed by atoms with Crippen molar-refractivity contribution in [3.8, 4) is 0 Å². The number of nitrogens with one attached hydrogen (secondary N) is 1. The normalized spacial score (nSPS) is 17.3. The SMILES string of the molecule is Cc1cc(C(=O)NC2(C)CC2)ccc1Br. The van der Waals surface area contributed by atoms with E-state index in [0.29, 0.717) is 0 Å². The van der Waals surface area contributed by atoms with Crippen LogP contribution in [0.4, 0.5) is 0 Å². The molecule has 80 valence electrons. The zero-order chi connectivity index (χ0) is 11.1. The van der Waals surface area contributed by atoms with Crippen LogP contribution < -0.4 is 5.32 Å². The van der Waals surface area contributed by atoms with E-state index in [1.165, 1.54) is 0 Å². The summed E-state index contributed by atoms with van der Waals surface area (Å²) in [5, 5.41) is 3.04. The van der Waals surface area contributed by atoms with Crippen molar-refractivity contribution >= 4 is 21.8 Å². The zero-order valence-corrected chi connectivity index (χ0v) is 10.5. The van der Waals surface area contributed by atoms with Crippen LogP contribution in [0, 0.1) is 6.92 Å². The first-order valence-electron chi connectivity index (χ1n) is 5.09. The van der Waals surface area contributed by atoms with Crippen molar-refractivity contribution in [2.45, 2.75) is 32.2 Å². The van der Waals surface area contributed by atoms with Crippen molar-refractivity contribution in [2.24, 2.45) is 0 Å². The molecule has 0 aromatic heterocycles. The molecule has 1 N–H and O–H groups in total. The lowest BCUT2D eigenvalue weighted by Crippen LogP contribution is -2.34. The van der Waals surface area contributed by atoms with Crippen LogP contribution in [0.15, 0.2) is 22.7 Å². The van der Waals surface area contributed by atoms with Crippen LogP contribution in [0.1, 0.15) is 35.7 Å². The van der Waals surface area contributed by atoms with Crippen molar-refractivity contribution in [1.29, 1.82) is 0 Å². The fourth-order valence-electron chi connectivity index (χ4n) is 1.44. The van der Waals surface area contributed by atoms with Gasteiger partial charge in [0.25, 0.3) is 5.91 Å². The van der Waals surface area contributed by atoms with Crippen molar-refractivity contribution < 1.29 is 4.79 Å². The fourth-order valence-corrected chi connectivity index (χ4v) is 1.69. The summed E-state index contributed by atoms with van der Waals surface area (Å²) in [7, 11) is 0. The van der Waals surface area contributed by atoms with Crippen LogP contribution in [0.25, 0.3) is 0 Å². The van der Waals surface area contributed by atoms with Crippen LogP contribution in [0.3, 0.4) is 0 Å². The summed E-state index contributed by atoms with van der Waals surface area (Å²) in [5.41, 5.74) is 1.88. The minimum atomic E-state index is 0.0330. The van der Waals surface area contributed by atoms with Gasteiger partial charge in [-0.15, -0.1) is 0 Å².